The molecule has 0 aliphatic carbocycles. The molecule has 2 aliphatic rings. The summed E-state index contributed by atoms with van der Waals surface area (Å²) in [6.07, 6.45) is 4.58. The number of nitrogens with zero attached hydrogens (tertiary/aromatic N) is 1. The number of piperidine rings is 1. The first-order valence-electron chi connectivity index (χ1n) is 8.15. The van der Waals surface area contributed by atoms with Crippen molar-refractivity contribution in [2.45, 2.75) is 50.6 Å². The fourth-order valence-corrected chi connectivity index (χ4v) is 4.81. The quantitative estimate of drug-likeness (QED) is 0.793. The molecule has 4 rings (SSSR count). The van der Waals surface area contributed by atoms with Crippen molar-refractivity contribution < 1.29 is 4.79 Å². The summed E-state index contributed by atoms with van der Waals surface area (Å²) >= 11 is 1.56. The Morgan fingerprint density at radius 1 is 1.09 bits per heavy atom. The topological polar surface area (TPSA) is 20.3 Å². The molecule has 3 heterocycles. The van der Waals surface area contributed by atoms with Gasteiger partial charge in [-0.1, -0.05) is 35.9 Å². The maximum Gasteiger partial charge on any atom is 0.264 e. The van der Waals surface area contributed by atoms with Crippen molar-refractivity contribution in [3.63, 3.8) is 0 Å². The van der Waals surface area contributed by atoms with Crippen LogP contribution in [0.4, 0.5) is 0 Å². The van der Waals surface area contributed by atoms with Crippen LogP contribution in [-0.4, -0.2) is 22.9 Å². The van der Waals surface area contributed by atoms with E-state index in [-0.39, 0.29) is 5.91 Å². The molecule has 2 saturated heterocycles. The predicted molar refractivity (Wildman–Crippen MR) is 90.5 cm³/mol. The second-order valence-electron chi connectivity index (χ2n) is 6.65. The minimum Gasteiger partial charge on any atom is -0.332 e. The minimum absolute atomic E-state index is 0.254. The lowest BCUT2D eigenvalue weighted by Crippen LogP contribution is -2.45. The van der Waals surface area contributed by atoms with Crippen LogP contribution in [0.2, 0.25) is 0 Å². The Balaban J connectivity index is 1.54. The Labute approximate surface area is 135 Å². The van der Waals surface area contributed by atoms with E-state index >= 15 is 0 Å². The molecular formula is C19H21NOS. The van der Waals surface area contributed by atoms with Crippen LogP contribution in [0.3, 0.4) is 0 Å². The number of rotatable bonds is 2. The molecular weight excluding hydrogens is 290 g/mol. The first-order valence-corrected chi connectivity index (χ1v) is 9.03. The van der Waals surface area contributed by atoms with E-state index in [2.05, 4.69) is 36.1 Å². The molecule has 22 heavy (non-hydrogen) atoms. The third-order valence-electron chi connectivity index (χ3n) is 5.25. The summed E-state index contributed by atoms with van der Waals surface area (Å²) in [5.74, 6) is 0.871. The highest BCUT2D eigenvalue weighted by molar-refractivity contribution is 7.12. The van der Waals surface area contributed by atoms with Crippen LogP contribution in [0.25, 0.3) is 0 Å². The van der Waals surface area contributed by atoms with E-state index in [0.29, 0.717) is 18.0 Å². The van der Waals surface area contributed by atoms with Gasteiger partial charge in [0.25, 0.3) is 5.91 Å². The standard InChI is InChI=1S/C19H21NOS/c1-13-4-6-14(7-5-13)15-11-16-8-9-17(12-15)20(16)19(21)18-3-2-10-22-18/h2-7,10,15-17H,8-9,11-12H2,1H3/t16-,17-/m0/s1. The van der Waals surface area contributed by atoms with Gasteiger partial charge in [0.15, 0.2) is 0 Å². The second kappa shape index (κ2) is 5.54. The second-order valence-corrected chi connectivity index (χ2v) is 7.60. The summed E-state index contributed by atoms with van der Waals surface area (Å²) in [7, 11) is 0. The van der Waals surface area contributed by atoms with Gasteiger partial charge in [0.2, 0.25) is 0 Å². The third-order valence-corrected chi connectivity index (χ3v) is 6.11. The van der Waals surface area contributed by atoms with Gasteiger partial charge in [0, 0.05) is 12.1 Å². The molecule has 0 saturated carbocycles. The molecule has 2 aromatic rings. The van der Waals surface area contributed by atoms with Crippen LogP contribution >= 0.6 is 11.3 Å². The Kier molecular flexibility index (Phi) is 3.53. The minimum atomic E-state index is 0.254. The number of hydrogen-bond donors (Lipinski definition) is 0. The SMILES string of the molecule is Cc1ccc(C2C[C@@H]3CC[C@@H](C2)N3C(=O)c2cccs2)cc1. The van der Waals surface area contributed by atoms with E-state index in [9.17, 15) is 4.79 Å². The van der Waals surface area contributed by atoms with Crippen LogP contribution in [0, 0.1) is 6.92 Å². The van der Waals surface area contributed by atoms with Gasteiger partial charge in [-0.15, -0.1) is 11.3 Å². The fraction of sp³-hybridized carbons (Fsp3) is 0.421. The summed E-state index contributed by atoms with van der Waals surface area (Å²) in [6, 6.07) is 13.8. The van der Waals surface area contributed by atoms with E-state index in [1.54, 1.807) is 11.3 Å². The molecule has 2 aliphatic heterocycles. The fourth-order valence-electron chi connectivity index (χ4n) is 4.15. The van der Waals surface area contributed by atoms with Gasteiger partial charge in [-0.05, 0) is 55.5 Å². The van der Waals surface area contributed by atoms with Crippen molar-refractivity contribution in [3.05, 3.63) is 57.8 Å². The highest BCUT2D eigenvalue weighted by Crippen LogP contribution is 2.43. The van der Waals surface area contributed by atoms with Gasteiger partial charge in [-0.25, -0.2) is 0 Å². The smallest absolute Gasteiger partial charge is 0.264 e. The summed E-state index contributed by atoms with van der Waals surface area (Å²) in [5, 5.41) is 1.99. The summed E-state index contributed by atoms with van der Waals surface area (Å²) in [4.78, 5) is 15.8. The number of carbonyl (C=O) groups excluding carboxylic acids is 1. The molecule has 1 aromatic carbocycles. The number of fused-ring (bicyclic) bond motifs is 2. The number of hydrogen-bond acceptors (Lipinski definition) is 2. The van der Waals surface area contributed by atoms with Crippen molar-refractivity contribution in [1.82, 2.24) is 4.90 Å². The van der Waals surface area contributed by atoms with E-state index in [4.69, 9.17) is 0 Å². The number of benzene rings is 1. The third kappa shape index (κ3) is 2.38. The van der Waals surface area contributed by atoms with Crippen molar-refractivity contribution in [1.29, 1.82) is 0 Å². The molecule has 2 atom stereocenters. The molecule has 0 N–H and O–H groups in total. The molecule has 114 valence electrons. The molecule has 1 amide bonds. The zero-order chi connectivity index (χ0) is 15.1. The van der Waals surface area contributed by atoms with Crippen molar-refractivity contribution in [3.8, 4) is 0 Å². The molecule has 2 fully saturated rings. The Morgan fingerprint density at radius 2 is 1.77 bits per heavy atom. The summed E-state index contributed by atoms with van der Waals surface area (Å²) in [5.41, 5.74) is 2.77. The van der Waals surface area contributed by atoms with Crippen LogP contribution in [-0.2, 0) is 0 Å². The molecule has 3 heteroatoms. The average molecular weight is 311 g/mol. The molecule has 2 bridgehead atoms. The largest absolute Gasteiger partial charge is 0.332 e. The van der Waals surface area contributed by atoms with Gasteiger partial charge in [-0.3, -0.25) is 4.79 Å². The summed E-state index contributed by atoms with van der Waals surface area (Å²) < 4.78 is 0. The highest BCUT2D eigenvalue weighted by atomic mass is 32.1. The molecule has 2 nitrogen and oxygen atoms in total. The number of amides is 1. The van der Waals surface area contributed by atoms with Crippen molar-refractivity contribution >= 4 is 17.2 Å². The molecule has 1 aromatic heterocycles. The van der Waals surface area contributed by atoms with Crippen molar-refractivity contribution in [2.24, 2.45) is 0 Å². The lowest BCUT2D eigenvalue weighted by atomic mass is 9.84. The van der Waals surface area contributed by atoms with E-state index in [1.807, 2.05) is 17.5 Å². The molecule has 0 spiro atoms. The monoisotopic (exact) mass is 311 g/mol. The van der Waals surface area contributed by atoms with Gasteiger partial charge < -0.3 is 4.90 Å². The predicted octanol–water partition coefficient (Wildman–Crippen LogP) is 4.61. The molecule has 0 radical (unpaired) electrons. The van der Waals surface area contributed by atoms with Gasteiger partial charge >= 0.3 is 0 Å². The maximum atomic E-state index is 12.7. The first-order chi connectivity index (χ1) is 10.7. The van der Waals surface area contributed by atoms with Gasteiger partial charge in [-0.2, -0.15) is 0 Å². The van der Waals surface area contributed by atoms with E-state index < -0.39 is 0 Å². The van der Waals surface area contributed by atoms with E-state index in [1.165, 1.54) is 24.0 Å². The number of carbonyl (C=O) groups is 1. The lowest BCUT2D eigenvalue weighted by molar-refractivity contribution is 0.0576. The van der Waals surface area contributed by atoms with Gasteiger partial charge in [0.1, 0.15) is 0 Å². The van der Waals surface area contributed by atoms with E-state index in [0.717, 1.165) is 17.7 Å². The zero-order valence-corrected chi connectivity index (χ0v) is 13.7. The first kappa shape index (κ1) is 14.0. The maximum absolute atomic E-state index is 12.7. The molecule has 0 unspecified atom stereocenters. The highest BCUT2D eigenvalue weighted by Gasteiger charge is 2.43. The van der Waals surface area contributed by atoms with Crippen molar-refractivity contribution in [2.75, 3.05) is 0 Å². The Bertz CT molecular complexity index is 647. The van der Waals surface area contributed by atoms with Crippen LogP contribution in [0.1, 0.15) is 52.4 Å². The summed E-state index contributed by atoms with van der Waals surface area (Å²) in [6.45, 7) is 2.13. The van der Waals surface area contributed by atoms with Crippen LogP contribution in [0.15, 0.2) is 41.8 Å². The Morgan fingerprint density at radius 3 is 2.36 bits per heavy atom. The van der Waals surface area contributed by atoms with Crippen LogP contribution in [0.5, 0.6) is 0 Å². The van der Waals surface area contributed by atoms with Gasteiger partial charge in [0.05, 0.1) is 4.88 Å². The zero-order valence-electron chi connectivity index (χ0n) is 12.9. The number of aryl methyl sites for hydroxylation is 1. The normalized spacial score (nSPS) is 27.1. The lowest BCUT2D eigenvalue weighted by Gasteiger charge is -2.39. The van der Waals surface area contributed by atoms with Crippen LogP contribution < -0.4 is 0 Å². The average Bonchev–Trinajstić information content (AvgIpc) is 3.14. The Hall–Kier alpha value is -1.61. The number of thiophene rings is 1.